The van der Waals surface area contributed by atoms with Crippen LogP contribution in [0.5, 0.6) is 0 Å². The SMILES string of the molecule is Cc1ccc(C(CN)N(C)Cc2cccnc2)cc1F. The van der Waals surface area contributed by atoms with Gasteiger partial charge < -0.3 is 5.73 Å². The Labute approximate surface area is 119 Å². The zero-order valence-electron chi connectivity index (χ0n) is 11.9. The molecule has 0 saturated heterocycles. The molecule has 0 bridgehead atoms. The van der Waals surface area contributed by atoms with Crippen LogP contribution in [0.25, 0.3) is 0 Å². The van der Waals surface area contributed by atoms with E-state index in [4.69, 9.17) is 5.73 Å². The lowest BCUT2D eigenvalue weighted by Crippen LogP contribution is -2.30. The largest absolute Gasteiger partial charge is 0.329 e. The fourth-order valence-electron chi connectivity index (χ4n) is 2.28. The van der Waals surface area contributed by atoms with Gasteiger partial charge in [0.15, 0.2) is 0 Å². The number of hydrogen-bond acceptors (Lipinski definition) is 3. The number of hydrogen-bond donors (Lipinski definition) is 1. The lowest BCUT2D eigenvalue weighted by atomic mass is 10.0. The van der Waals surface area contributed by atoms with Gasteiger partial charge in [-0.15, -0.1) is 0 Å². The molecule has 2 rings (SSSR count). The molecule has 0 aliphatic carbocycles. The van der Waals surface area contributed by atoms with Crippen LogP contribution in [0.4, 0.5) is 4.39 Å². The number of pyridine rings is 1. The van der Waals surface area contributed by atoms with Crippen LogP contribution in [-0.2, 0) is 6.54 Å². The summed E-state index contributed by atoms with van der Waals surface area (Å²) in [7, 11) is 1.99. The van der Waals surface area contributed by atoms with Gasteiger partial charge >= 0.3 is 0 Å². The van der Waals surface area contributed by atoms with Gasteiger partial charge in [-0.3, -0.25) is 9.88 Å². The summed E-state index contributed by atoms with van der Waals surface area (Å²) < 4.78 is 13.7. The normalized spacial score (nSPS) is 12.7. The summed E-state index contributed by atoms with van der Waals surface area (Å²) in [5.41, 5.74) is 8.54. The number of aryl methyl sites for hydroxylation is 1. The van der Waals surface area contributed by atoms with E-state index >= 15 is 0 Å². The molecule has 0 radical (unpaired) electrons. The highest BCUT2D eigenvalue weighted by Crippen LogP contribution is 2.22. The average Bonchev–Trinajstić information content (AvgIpc) is 2.44. The average molecular weight is 273 g/mol. The van der Waals surface area contributed by atoms with E-state index in [0.717, 1.165) is 17.7 Å². The summed E-state index contributed by atoms with van der Waals surface area (Å²) >= 11 is 0. The molecule has 1 heterocycles. The third-order valence-electron chi connectivity index (χ3n) is 3.49. The number of halogens is 1. The second-order valence-electron chi connectivity index (χ2n) is 5.04. The summed E-state index contributed by atoms with van der Waals surface area (Å²) in [6, 6.07) is 9.23. The van der Waals surface area contributed by atoms with Crippen LogP contribution in [0.15, 0.2) is 42.7 Å². The molecular weight excluding hydrogens is 253 g/mol. The molecule has 106 valence electrons. The molecule has 0 aliphatic rings. The molecule has 1 aromatic heterocycles. The summed E-state index contributed by atoms with van der Waals surface area (Å²) in [5.74, 6) is -0.185. The first kappa shape index (κ1) is 14.6. The van der Waals surface area contributed by atoms with Gasteiger partial charge in [0.25, 0.3) is 0 Å². The van der Waals surface area contributed by atoms with Crippen molar-refractivity contribution >= 4 is 0 Å². The highest BCUT2D eigenvalue weighted by atomic mass is 19.1. The molecule has 2 aromatic rings. The van der Waals surface area contributed by atoms with Gasteiger partial charge in [0.05, 0.1) is 0 Å². The minimum absolute atomic E-state index is 0.00898. The smallest absolute Gasteiger partial charge is 0.126 e. The van der Waals surface area contributed by atoms with Crippen molar-refractivity contribution in [2.75, 3.05) is 13.6 Å². The molecule has 0 amide bonds. The van der Waals surface area contributed by atoms with Crippen LogP contribution in [0, 0.1) is 12.7 Å². The first-order valence-electron chi connectivity index (χ1n) is 6.67. The van der Waals surface area contributed by atoms with Crippen molar-refractivity contribution in [1.29, 1.82) is 0 Å². The molecule has 0 saturated carbocycles. The number of benzene rings is 1. The Balaban J connectivity index is 2.16. The second kappa shape index (κ2) is 6.59. The Morgan fingerprint density at radius 2 is 2.15 bits per heavy atom. The fraction of sp³-hybridized carbons (Fsp3) is 0.312. The maximum atomic E-state index is 13.7. The van der Waals surface area contributed by atoms with E-state index in [2.05, 4.69) is 9.88 Å². The Kier molecular flexibility index (Phi) is 4.82. The van der Waals surface area contributed by atoms with E-state index in [1.807, 2.05) is 31.4 Å². The molecular formula is C16H20FN3. The highest BCUT2D eigenvalue weighted by molar-refractivity contribution is 5.26. The van der Waals surface area contributed by atoms with Gasteiger partial charge in [0.2, 0.25) is 0 Å². The molecule has 1 aromatic carbocycles. The first-order valence-corrected chi connectivity index (χ1v) is 6.67. The molecule has 4 heteroatoms. The minimum Gasteiger partial charge on any atom is -0.329 e. The van der Waals surface area contributed by atoms with Crippen molar-refractivity contribution < 1.29 is 4.39 Å². The van der Waals surface area contributed by atoms with Crippen molar-refractivity contribution in [3.8, 4) is 0 Å². The molecule has 0 spiro atoms. The number of nitrogens with two attached hydrogens (primary N) is 1. The van der Waals surface area contributed by atoms with Gasteiger partial charge in [-0.1, -0.05) is 18.2 Å². The topological polar surface area (TPSA) is 42.1 Å². The predicted octanol–water partition coefficient (Wildman–Crippen LogP) is 2.66. The van der Waals surface area contributed by atoms with E-state index in [1.54, 1.807) is 25.3 Å². The first-order chi connectivity index (χ1) is 9.61. The standard InChI is InChI=1S/C16H20FN3/c1-12-5-6-14(8-15(12)17)16(9-18)20(2)11-13-4-3-7-19-10-13/h3-8,10,16H,9,11,18H2,1-2H3. The van der Waals surface area contributed by atoms with E-state index in [-0.39, 0.29) is 11.9 Å². The highest BCUT2D eigenvalue weighted by Gasteiger charge is 2.16. The number of nitrogens with zero attached hydrogens (tertiary/aromatic N) is 2. The lowest BCUT2D eigenvalue weighted by molar-refractivity contribution is 0.241. The van der Waals surface area contributed by atoms with Crippen molar-refractivity contribution in [1.82, 2.24) is 9.88 Å². The van der Waals surface area contributed by atoms with Gasteiger partial charge in [-0.05, 0) is 42.8 Å². The maximum absolute atomic E-state index is 13.7. The lowest BCUT2D eigenvalue weighted by Gasteiger charge is -2.27. The van der Waals surface area contributed by atoms with Gasteiger partial charge in [-0.25, -0.2) is 4.39 Å². The maximum Gasteiger partial charge on any atom is 0.126 e. The summed E-state index contributed by atoms with van der Waals surface area (Å²) in [5, 5.41) is 0. The molecule has 1 atom stereocenters. The molecule has 1 unspecified atom stereocenters. The van der Waals surface area contributed by atoms with Gasteiger partial charge in [0.1, 0.15) is 5.82 Å². The monoisotopic (exact) mass is 273 g/mol. The van der Waals surface area contributed by atoms with Gasteiger partial charge in [0, 0.05) is 31.5 Å². The van der Waals surface area contributed by atoms with Crippen molar-refractivity contribution in [2.24, 2.45) is 5.73 Å². The van der Waals surface area contributed by atoms with Crippen molar-refractivity contribution in [3.63, 3.8) is 0 Å². The molecule has 2 N–H and O–H groups in total. The Morgan fingerprint density at radius 3 is 2.75 bits per heavy atom. The summed E-state index contributed by atoms with van der Waals surface area (Å²) in [4.78, 5) is 6.22. The fourth-order valence-corrected chi connectivity index (χ4v) is 2.28. The summed E-state index contributed by atoms with van der Waals surface area (Å²) in [6.45, 7) is 2.93. The molecule has 20 heavy (non-hydrogen) atoms. The molecule has 3 nitrogen and oxygen atoms in total. The van der Waals surface area contributed by atoms with Crippen LogP contribution in [0.1, 0.15) is 22.7 Å². The third kappa shape index (κ3) is 3.40. The predicted molar refractivity (Wildman–Crippen MR) is 78.6 cm³/mol. The van der Waals surface area contributed by atoms with Crippen molar-refractivity contribution in [2.45, 2.75) is 19.5 Å². The zero-order chi connectivity index (χ0) is 14.5. The van der Waals surface area contributed by atoms with Crippen LogP contribution in [0.3, 0.4) is 0 Å². The van der Waals surface area contributed by atoms with E-state index in [0.29, 0.717) is 12.1 Å². The molecule has 0 fully saturated rings. The summed E-state index contributed by atoms with van der Waals surface area (Å²) in [6.07, 6.45) is 3.58. The Morgan fingerprint density at radius 1 is 1.35 bits per heavy atom. The van der Waals surface area contributed by atoms with Gasteiger partial charge in [-0.2, -0.15) is 0 Å². The quantitative estimate of drug-likeness (QED) is 0.910. The van der Waals surface area contributed by atoms with E-state index < -0.39 is 0 Å². The third-order valence-corrected chi connectivity index (χ3v) is 3.49. The number of likely N-dealkylation sites (N-methyl/N-ethyl adjacent to an activating group) is 1. The van der Waals surface area contributed by atoms with E-state index in [1.165, 1.54) is 0 Å². The Hall–Kier alpha value is -1.78. The number of aromatic nitrogens is 1. The van der Waals surface area contributed by atoms with Crippen LogP contribution in [0.2, 0.25) is 0 Å². The van der Waals surface area contributed by atoms with E-state index in [9.17, 15) is 4.39 Å². The second-order valence-corrected chi connectivity index (χ2v) is 5.04. The molecule has 0 aliphatic heterocycles. The van der Waals surface area contributed by atoms with Crippen LogP contribution < -0.4 is 5.73 Å². The zero-order valence-corrected chi connectivity index (χ0v) is 11.9. The minimum atomic E-state index is -0.185. The Bertz CT molecular complexity index is 557. The van der Waals surface area contributed by atoms with Crippen molar-refractivity contribution in [3.05, 3.63) is 65.2 Å². The number of rotatable bonds is 5. The van der Waals surface area contributed by atoms with Crippen LogP contribution in [-0.4, -0.2) is 23.5 Å². The van der Waals surface area contributed by atoms with Crippen LogP contribution >= 0.6 is 0 Å².